The molecular weight excluding hydrogens is 168 g/mol. The molecule has 0 unspecified atom stereocenters. The lowest BCUT2D eigenvalue weighted by Crippen LogP contribution is -2.35. The number of nitrogens with one attached hydrogen (secondary N) is 1. The van der Waals surface area contributed by atoms with E-state index in [-0.39, 0.29) is 0 Å². The van der Waals surface area contributed by atoms with E-state index < -0.39 is 12.0 Å². The Morgan fingerprint density at radius 2 is 2.54 bits per heavy atom. The van der Waals surface area contributed by atoms with Crippen molar-refractivity contribution in [3.8, 4) is 0 Å². The van der Waals surface area contributed by atoms with Gasteiger partial charge in [-0.3, -0.25) is 9.78 Å². The number of carbonyl (C=O) groups is 1. The molecule has 1 aromatic heterocycles. The molecule has 1 rings (SSSR count). The highest BCUT2D eigenvalue weighted by Crippen LogP contribution is 2.00. The molecule has 0 spiro atoms. The van der Waals surface area contributed by atoms with Gasteiger partial charge in [0.1, 0.15) is 6.04 Å². The van der Waals surface area contributed by atoms with Crippen LogP contribution in [0.25, 0.3) is 0 Å². The molecule has 4 nitrogen and oxygen atoms in total. The fraction of sp³-hybridized carbons (Fsp3) is 0.333. The largest absolute Gasteiger partial charge is 0.480 e. The predicted octanol–water partition coefficient (Wildman–Crippen LogP) is 0.297. The molecule has 1 heterocycles. The Labute approximate surface area is 76.6 Å². The normalized spacial score (nSPS) is 12.4. The fourth-order valence-corrected chi connectivity index (χ4v) is 1.07. The summed E-state index contributed by atoms with van der Waals surface area (Å²) >= 11 is 0. The first-order chi connectivity index (χ1) is 6.24. The van der Waals surface area contributed by atoms with Crippen molar-refractivity contribution in [2.75, 3.05) is 7.05 Å². The van der Waals surface area contributed by atoms with Crippen molar-refractivity contribution < 1.29 is 9.90 Å². The number of aliphatic carboxylic acids is 1. The maximum Gasteiger partial charge on any atom is 0.321 e. The lowest BCUT2D eigenvalue weighted by atomic mass is 10.1. The van der Waals surface area contributed by atoms with Gasteiger partial charge >= 0.3 is 5.97 Å². The number of pyridine rings is 1. The zero-order valence-electron chi connectivity index (χ0n) is 7.40. The van der Waals surface area contributed by atoms with Crippen LogP contribution in [0.4, 0.5) is 0 Å². The number of hydrogen-bond acceptors (Lipinski definition) is 3. The number of rotatable bonds is 4. The van der Waals surface area contributed by atoms with Crippen LogP contribution in [0, 0.1) is 0 Å². The fourth-order valence-electron chi connectivity index (χ4n) is 1.07. The second-order valence-electron chi connectivity index (χ2n) is 2.74. The molecule has 4 heteroatoms. The van der Waals surface area contributed by atoms with E-state index in [0.29, 0.717) is 6.42 Å². The van der Waals surface area contributed by atoms with E-state index in [0.717, 1.165) is 5.56 Å². The van der Waals surface area contributed by atoms with Gasteiger partial charge in [-0.2, -0.15) is 0 Å². The quantitative estimate of drug-likeness (QED) is 0.699. The van der Waals surface area contributed by atoms with Gasteiger partial charge in [0.15, 0.2) is 0 Å². The highest BCUT2D eigenvalue weighted by Gasteiger charge is 2.14. The third-order valence-electron chi connectivity index (χ3n) is 1.81. The maximum atomic E-state index is 10.7. The van der Waals surface area contributed by atoms with Crippen LogP contribution in [0.2, 0.25) is 0 Å². The van der Waals surface area contributed by atoms with Crippen LogP contribution in [0.3, 0.4) is 0 Å². The minimum atomic E-state index is -0.841. The van der Waals surface area contributed by atoms with Gasteiger partial charge in [0.05, 0.1) is 0 Å². The van der Waals surface area contributed by atoms with Crippen molar-refractivity contribution in [1.29, 1.82) is 0 Å². The summed E-state index contributed by atoms with van der Waals surface area (Å²) in [6, 6.07) is 3.12. The molecule has 0 aliphatic carbocycles. The zero-order chi connectivity index (χ0) is 9.68. The number of aromatic nitrogens is 1. The van der Waals surface area contributed by atoms with Crippen molar-refractivity contribution in [2.24, 2.45) is 0 Å². The molecule has 0 radical (unpaired) electrons. The molecule has 0 aliphatic heterocycles. The SMILES string of the molecule is CN[C@@H](Cc1cccnc1)C(=O)O. The van der Waals surface area contributed by atoms with Crippen LogP contribution in [0.15, 0.2) is 24.5 Å². The molecule has 0 aromatic carbocycles. The minimum absolute atomic E-state index is 0.458. The number of carboxylic acids is 1. The topological polar surface area (TPSA) is 62.2 Å². The molecular formula is C9H12N2O2. The second kappa shape index (κ2) is 4.57. The Kier molecular flexibility index (Phi) is 3.40. The lowest BCUT2D eigenvalue weighted by Gasteiger charge is -2.09. The van der Waals surface area contributed by atoms with Gasteiger partial charge in [0.2, 0.25) is 0 Å². The predicted molar refractivity (Wildman–Crippen MR) is 48.4 cm³/mol. The van der Waals surface area contributed by atoms with Crippen LogP contribution in [-0.2, 0) is 11.2 Å². The molecule has 0 amide bonds. The number of hydrogen-bond donors (Lipinski definition) is 2. The first-order valence-electron chi connectivity index (χ1n) is 4.03. The van der Waals surface area contributed by atoms with Crippen molar-refractivity contribution in [1.82, 2.24) is 10.3 Å². The van der Waals surface area contributed by atoms with E-state index in [1.807, 2.05) is 6.07 Å². The Balaban J connectivity index is 2.62. The Hall–Kier alpha value is -1.42. The van der Waals surface area contributed by atoms with E-state index >= 15 is 0 Å². The molecule has 13 heavy (non-hydrogen) atoms. The molecule has 0 saturated carbocycles. The van der Waals surface area contributed by atoms with E-state index in [1.54, 1.807) is 25.5 Å². The van der Waals surface area contributed by atoms with Crippen molar-refractivity contribution >= 4 is 5.97 Å². The summed E-state index contributed by atoms with van der Waals surface area (Å²) in [5.74, 6) is -0.841. The van der Waals surface area contributed by atoms with Gasteiger partial charge in [-0.05, 0) is 25.1 Å². The molecule has 0 aliphatic rings. The monoisotopic (exact) mass is 180 g/mol. The molecule has 1 atom stereocenters. The summed E-state index contributed by atoms with van der Waals surface area (Å²) < 4.78 is 0. The third kappa shape index (κ3) is 2.83. The van der Waals surface area contributed by atoms with E-state index in [9.17, 15) is 4.79 Å². The van der Waals surface area contributed by atoms with Crippen LogP contribution >= 0.6 is 0 Å². The van der Waals surface area contributed by atoms with Gasteiger partial charge in [-0.1, -0.05) is 6.07 Å². The highest BCUT2D eigenvalue weighted by atomic mass is 16.4. The summed E-state index contributed by atoms with van der Waals surface area (Å²) in [5.41, 5.74) is 0.921. The molecule has 0 fully saturated rings. The van der Waals surface area contributed by atoms with Gasteiger partial charge in [0.25, 0.3) is 0 Å². The number of nitrogens with zero attached hydrogens (tertiary/aromatic N) is 1. The maximum absolute atomic E-state index is 10.7. The zero-order valence-corrected chi connectivity index (χ0v) is 7.40. The molecule has 70 valence electrons. The lowest BCUT2D eigenvalue weighted by molar-refractivity contribution is -0.139. The van der Waals surface area contributed by atoms with Crippen molar-refractivity contribution in [2.45, 2.75) is 12.5 Å². The molecule has 0 saturated heterocycles. The Morgan fingerprint density at radius 3 is 3.00 bits per heavy atom. The van der Waals surface area contributed by atoms with E-state index in [4.69, 9.17) is 5.11 Å². The molecule has 1 aromatic rings. The number of carboxylic acid groups (broad SMARTS) is 1. The van der Waals surface area contributed by atoms with Crippen LogP contribution in [-0.4, -0.2) is 29.1 Å². The van der Waals surface area contributed by atoms with Gasteiger partial charge in [-0.25, -0.2) is 0 Å². The summed E-state index contributed by atoms with van der Waals surface area (Å²) in [6.45, 7) is 0. The van der Waals surface area contributed by atoms with Gasteiger partial charge in [0, 0.05) is 12.4 Å². The molecule has 2 N–H and O–H groups in total. The number of likely N-dealkylation sites (N-methyl/N-ethyl adjacent to an activating group) is 1. The second-order valence-corrected chi connectivity index (χ2v) is 2.74. The first-order valence-corrected chi connectivity index (χ1v) is 4.03. The van der Waals surface area contributed by atoms with Gasteiger partial charge in [-0.15, -0.1) is 0 Å². The van der Waals surface area contributed by atoms with Crippen LogP contribution in [0.5, 0.6) is 0 Å². The summed E-state index contributed by atoms with van der Waals surface area (Å²) in [7, 11) is 1.63. The summed E-state index contributed by atoms with van der Waals surface area (Å²) in [6.07, 6.45) is 3.80. The Morgan fingerprint density at radius 1 is 1.77 bits per heavy atom. The molecule has 0 bridgehead atoms. The highest BCUT2D eigenvalue weighted by molar-refractivity contribution is 5.73. The average molecular weight is 180 g/mol. The van der Waals surface area contributed by atoms with E-state index in [1.165, 1.54) is 0 Å². The van der Waals surface area contributed by atoms with Crippen LogP contribution in [0.1, 0.15) is 5.56 Å². The van der Waals surface area contributed by atoms with Crippen molar-refractivity contribution in [3.05, 3.63) is 30.1 Å². The summed E-state index contributed by atoms with van der Waals surface area (Å²) in [4.78, 5) is 14.6. The first kappa shape index (κ1) is 9.67. The third-order valence-corrected chi connectivity index (χ3v) is 1.81. The van der Waals surface area contributed by atoms with Crippen molar-refractivity contribution in [3.63, 3.8) is 0 Å². The Bertz CT molecular complexity index is 274. The van der Waals surface area contributed by atoms with E-state index in [2.05, 4.69) is 10.3 Å². The minimum Gasteiger partial charge on any atom is -0.480 e. The smallest absolute Gasteiger partial charge is 0.321 e. The average Bonchev–Trinajstić information content (AvgIpc) is 2.15. The summed E-state index contributed by atoms with van der Waals surface area (Å²) in [5, 5.41) is 11.5. The standard InChI is InChI=1S/C9H12N2O2/c1-10-8(9(12)13)5-7-3-2-4-11-6-7/h2-4,6,8,10H,5H2,1H3,(H,12,13)/t8-/m0/s1. The van der Waals surface area contributed by atoms with Crippen LogP contribution < -0.4 is 5.32 Å². The van der Waals surface area contributed by atoms with Gasteiger partial charge < -0.3 is 10.4 Å².